The van der Waals surface area contributed by atoms with Crippen LogP contribution in [0, 0.1) is 0 Å². The number of hydrogen-bond acceptors (Lipinski definition) is 2. The molecule has 0 saturated carbocycles. The Kier molecular flexibility index (Phi) is 2.53. The highest BCUT2D eigenvalue weighted by Crippen LogP contribution is 2.15. The van der Waals surface area contributed by atoms with Crippen molar-refractivity contribution in [2.75, 3.05) is 7.11 Å². The van der Waals surface area contributed by atoms with Crippen LogP contribution in [0.3, 0.4) is 0 Å². The zero-order valence-electron chi connectivity index (χ0n) is 7.57. The Morgan fingerprint density at radius 2 is 2.33 bits per heavy atom. The molecule has 0 N–H and O–H groups in total. The molecule has 66 valence electrons. The summed E-state index contributed by atoms with van der Waals surface area (Å²) in [7, 11) is 3.32. The maximum atomic E-state index is 11.1. The van der Waals surface area contributed by atoms with Crippen LogP contribution in [0.25, 0.3) is 0 Å². The van der Waals surface area contributed by atoms with Crippen molar-refractivity contribution in [3.63, 3.8) is 0 Å². The molecule has 0 aliphatic heterocycles. The first-order valence-corrected chi connectivity index (χ1v) is 3.86. The predicted molar refractivity (Wildman–Crippen MR) is 45.8 cm³/mol. The lowest BCUT2D eigenvalue weighted by molar-refractivity contribution is -0.142. The number of methoxy groups -OCH3 is 1. The van der Waals surface area contributed by atoms with E-state index in [-0.39, 0.29) is 11.9 Å². The number of carbonyl (C=O) groups is 1. The normalized spacial score (nSPS) is 12.6. The summed E-state index contributed by atoms with van der Waals surface area (Å²) >= 11 is 0. The fraction of sp³-hybridized carbons (Fsp3) is 0.444. The van der Waals surface area contributed by atoms with Gasteiger partial charge in [0.05, 0.1) is 13.0 Å². The van der Waals surface area contributed by atoms with Gasteiger partial charge in [0, 0.05) is 18.9 Å². The van der Waals surface area contributed by atoms with Crippen molar-refractivity contribution in [1.29, 1.82) is 0 Å². The van der Waals surface area contributed by atoms with Crippen molar-refractivity contribution in [2.24, 2.45) is 7.05 Å². The fourth-order valence-corrected chi connectivity index (χ4v) is 1.22. The Hall–Kier alpha value is -1.25. The number of nitrogens with zero attached hydrogens (tertiary/aromatic N) is 1. The maximum Gasteiger partial charge on any atom is 0.314 e. The van der Waals surface area contributed by atoms with E-state index < -0.39 is 0 Å². The lowest BCUT2D eigenvalue weighted by Gasteiger charge is -2.09. The van der Waals surface area contributed by atoms with Crippen molar-refractivity contribution in [3.05, 3.63) is 24.0 Å². The summed E-state index contributed by atoms with van der Waals surface area (Å²) in [6.07, 6.45) is 1.91. The van der Waals surface area contributed by atoms with Crippen molar-refractivity contribution < 1.29 is 9.53 Å². The first kappa shape index (κ1) is 8.84. The van der Waals surface area contributed by atoms with Gasteiger partial charge in [0.25, 0.3) is 0 Å². The smallest absolute Gasteiger partial charge is 0.314 e. The molecule has 0 radical (unpaired) electrons. The highest BCUT2D eigenvalue weighted by atomic mass is 16.5. The summed E-state index contributed by atoms with van der Waals surface area (Å²) in [4.78, 5) is 11.1. The molecular formula is C9H13NO2. The molecule has 3 nitrogen and oxygen atoms in total. The van der Waals surface area contributed by atoms with E-state index in [1.165, 1.54) is 7.11 Å². The quantitative estimate of drug-likeness (QED) is 0.622. The first-order valence-electron chi connectivity index (χ1n) is 3.86. The van der Waals surface area contributed by atoms with E-state index in [2.05, 4.69) is 4.74 Å². The molecular weight excluding hydrogens is 154 g/mol. The number of aromatic nitrogens is 1. The fourth-order valence-electron chi connectivity index (χ4n) is 1.22. The molecule has 0 saturated heterocycles. The highest BCUT2D eigenvalue weighted by molar-refractivity contribution is 5.76. The largest absolute Gasteiger partial charge is 0.469 e. The van der Waals surface area contributed by atoms with E-state index in [1.54, 1.807) is 0 Å². The SMILES string of the molecule is COC(=O)C(C)c1cccn1C. The molecule has 1 atom stereocenters. The molecule has 0 bridgehead atoms. The van der Waals surface area contributed by atoms with Crippen molar-refractivity contribution in [2.45, 2.75) is 12.8 Å². The van der Waals surface area contributed by atoms with Crippen LogP contribution in [0.4, 0.5) is 0 Å². The Morgan fingerprint density at radius 3 is 2.75 bits per heavy atom. The third kappa shape index (κ3) is 1.49. The average Bonchev–Trinajstić information content (AvgIpc) is 2.48. The van der Waals surface area contributed by atoms with E-state index in [9.17, 15) is 4.79 Å². The van der Waals surface area contributed by atoms with Crippen LogP contribution in [-0.2, 0) is 16.6 Å². The minimum atomic E-state index is -0.197. The molecule has 1 aromatic heterocycles. The van der Waals surface area contributed by atoms with E-state index in [1.807, 2.05) is 36.9 Å². The van der Waals surface area contributed by atoms with Gasteiger partial charge in [-0.3, -0.25) is 4.79 Å². The highest BCUT2D eigenvalue weighted by Gasteiger charge is 2.17. The second kappa shape index (κ2) is 3.43. The van der Waals surface area contributed by atoms with Crippen LogP contribution >= 0.6 is 0 Å². The van der Waals surface area contributed by atoms with Crippen molar-refractivity contribution >= 4 is 5.97 Å². The molecule has 1 rings (SSSR count). The molecule has 12 heavy (non-hydrogen) atoms. The number of rotatable bonds is 2. The maximum absolute atomic E-state index is 11.1. The Morgan fingerprint density at radius 1 is 1.67 bits per heavy atom. The number of carbonyl (C=O) groups excluding carboxylic acids is 1. The minimum absolute atomic E-state index is 0.185. The van der Waals surface area contributed by atoms with Gasteiger partial charge in [-0.2, -0.15) is 0 Å². The first-order chi connectivity index (χ1) is 5.66. The van der Waals surface area contributed by atoms with Gasteiger partial charge in [-0.1, -0.05) is 0 Å². The van der Waals surface area contributed by atoms with Crippen LogP contribution in [0.2, 0.25) is 0 Å². The van der Waals surface area contributed by atoms with Gasteiger partial charge < -0.3 is 9.30 Å². The lowest BCUT2D eigenvalue weighted by Crippen LogP contribution is -2.13. The topological polar surface area (TPSA) is 31.2 Å². The average molecular weight is 167 g/mol. The van der Waals surface area contributed by atoms with E-state index in [0.29, 0.717) is 0 Å². The second-order valence-electron chi connectivity index (χ2n) is 2.79. The summed E-state index contributed by atoms with van der Waals surface area (Å²) < 4.78 is 6.56. The molecule has 0 amide bonds. The zero-order chi connectivity index (χ0) is 9.14. The minimum Gasteiger partial charge on any atom is -0.469 e. The zero-order valence-corrected chi connectivity index (χ0v) is 7.57. The van der Waals surface area contributed by atoms with Gasteiger partial charge in [0.2, 0.25) is 0 Å². The summed E-state index contributed by atoms with van der Waals surface area (Å²) in [5, 5.41) is 0. The number of hydrogen-bond donors (Lipinski definition) is 0. The molecule has 0 aromatic carbocycles. The number of aryl methyl sites for hydroxylation is 1. The Labute approximate surface area is 72.0 Å². The monoisotopic (exact) mass is 167 g/mol. The van der Waals surface area contributed by atoms with Crippen LogP contribution in [-0.4, -0.2) is 17.6 Å². The van der Waals surface area contributed by atoms with Gasteiger partial charge in [0.1, 0.15) is 0 Å². The van der Waals surface area contributed by atoms with Gasteiger partial charge in [-0.15, -0.1) is 0 Å². The van der Waals surface area contributed by atoms with Crippen LogP contribution in [0.1, 0.15) is 18.5 Å². The summed E-state index contributed by atoms with van der Waals surface area (Å²) in [5.74, 6) is -0.383. The van der Waals surface area contributed by atoms with Gasteiger partial charge in [0.15, 0.2) is 0 Å². The second-order valence-corrected chi connectivity index (χ2v) is 2.79. The summed E-state index contributed by atoms with van der Waals surface area (Å²) in [6.45, 7) is 1.83. The lowest BCUT2D eigenvalue weighted by atomic mass is 10.1. The third-order valence-electron chi connectivity index (χ3n) is 1.98. The molecule has 1 aromatic rings. The van der Waals surface area contributed by atoms with Gasteiger partial charge in [-0.05, 0) is 19.1 Å². The number of esters is 1. The molecule has 0 fully saturated rings. The summed E-state index contributed by atoms with van der Waals surface area (Å²) in [5.41, 5.74) is 0.974. The Balaban J connectivity index is 2.84. The molecule has 0 aliphatic rings. The molecule has 1 unspecified atom stereocenters. The van der Waals surface area contributed by atoms with E-state index in [4.69, 9.17) is 0 Å². The molecule has 0 spiro atoms. The van der Waals surface area contributed by atoms with Gasteiger partial charge in [-0.25, -0.2) is 0 Å². The number of ether oxygens (including phenoxy) is 1. The third-order valence-corrected chi connectivity index (χ3v) is 1.98. The van der Waals surface area contributed by atoms with Crippen LogP contribution < -0.4 is 0 Å². The van der Waals surface area contributed by atoms with Crippen molar-refractivity contribution in [3.8, 4) is 0 Å². The summed E-state index contributed by atoms with van der Waals surface area (Å²) in [6, 6.07) is 3.83. The van der Waals surface area contributed by atoms with Crippen LogP contribution in [0.15, 0.2) is 18.3 Å². The van der Waals surface area contributed by atoms with Crippen molar-refractivity contribution in [1.82, 2.24) is 4.57 Å². The van der Waals surface area contributed by atoms with E-state index >= 15 is 0 Å². The molecule has 0 aliphatic carbocycles. The Bertz CT molecular complexity index is 278. The van der Waals surface area contributed by atoms with Crippen LogP contribution in [0.5, 0.6) is 0 Å². The standard InChI is InChI=1S/C9H13NO2/c1-7(9(11)12-3)8-5-4-6-10(8)2/h4-7H,1-3H3. The molecule has 1 heterocycles. The molecule has 3 heteroatoms. The predicted octanol–water partition coefficient (Wildman–Crippen LogP) is 1.30. The van der Waals surface area contributed by atoms with Gasteiger partial charge >= 0.3 is 5.97 Å². The van der Waals surface area contributed by atoms with E-state index in [0.717, 1.165) is 5.69 Å².